The number of phenols is 3. The Bertz CT molecular complexity index is 625. The van der Waals surface area contributed by atoms with Crippen molar-refractivity contribution in [2.45, 2.75) is 37.5 Å². The molecule has 0 aliphatic heterocycles. The van der Waals surface area contributed by atoms with Crippen LogP contribution in [0.3, 0.4) is 0 Å². The Hall–Kier alpha value is -2.16. The van der Waals surface area contributed by atoms with Crippen LogP contribution in [0.15, 0.2) is 42.5 Å². The van der Waals surface area contributed by atoms with Gasteiger partial charge in [-0.2, -0.15) is 0 Å². The zero-order valence-electron chi connectivity index (χ0n) is 11.9. The first-order valence-electron chi connectivity index (χ1n) is 7.44. The molecule has 21 heavy (non-hydrogen) atoms. The Balaban J connectivity index is 2.12. The van der Waals surface area contributed by atoms with E-state index in [2.05, 4.69) is 0 Å². The van der Waals surface area contributed by atoms with Crippen molar-refractivity contribution >= 4 is 0 Å². The second-order valence-electron chi connectivity index (χ2n) is 5.89. The molecule has 0 spiro atoms. The maximum absolute atomic E-state index is 9.85. The fourth-order valence-corrected chi connectivity index (χ4v) is 3.50. The van der Waals surface area contributed by atoms with Gasteiger partial charge >= 0.3 is 0 Å². The molecule has 0 radical (unpaired) electrons. The molecule has 0 atom stereocenters. The van der Waals surface area contributed by atoms with Gasteiger partial charge in [-0.05, 0) is 48.2 Å². The molecule has 1 aliphatic rings. The number of hydrogen-bond acceptors (Lipinski definition) is 3. The quantitative estimate of drug-likeness (QED) is 0.729. The van der Waals surface area contributed by atoms with E-state index in [1.54, 1.807) is 24.3 Å². The zero-order valence-corrected chi connectivity index (χ0v) is 11.9. The maximum atomic E-state index is 9.85. The third-order valence-corrected chi connectivity index (χ3v) is 4.65. The van der Waals surface area contributed by atoms with Crippen molar-refractivity contribution in [2.75, 3.05) is 0 Å². The zero-order chi connectivity index (χ0) is 14.9. The van der Waals surface area contributed by atoms with Crippen molar-refractivity contribution in [3.8, 4) is 17.2 Å². The number of hydrogen-bond donors (Lipinski definition) is 3. The molecule has 0 unspecified atom stereocenters. The lowest BCUT2D eigenvalue weighted by molar-refractivity contribution is 0.342. The standard InChI is InChI=1S/C18H20O3/c19-15-7-4-13(5-8-15)18(10-2-1-3-11-18)14-6-9-16(20)17(21)12-14/h4-9,12,19-21H,1-3,10-11H2. The Morgan fingerprint density at radius 3 is 1.90 bits per heavy atom. The highest BCUT2D eigenvalue weighted by Gasteiger charge is 2.36. The molecule has 2 aromatic rings. The Morgan fingerprint density at radius 1 is 0.667 bits per heavy atom. The molecular formula is C18H20O3. The molecule has 2 aromatic carbocycles. The molecule has 1 aliphatic carbocycles. The minimum absolute atomic E-state index is 0.0729. The van der Waals surface area contributed by atoms with Crippen molar-refractivity contribution in [1.29, 1.82) is 0 Å². The van der Waals surface area contributed by atoms with E-state index in [0.29, 0.717) is 0 Å². The van der Waals surface area contributed by atoms with E-state index < -0.39 is 0 Å². The molecule has 3 heteroatoms. The van der Waals surface area contributed by atoms with E-state index in [4.69, 9.17) is 0 Å². The SMILES string of the molecule is Oc1ccc(C2(c3ccc(O)c(O)c3)CCCCC2)cc1. The third-order valence-electron chi connectivity index (χ3n) is 4.65. The van der Waals surface area contributed by atoms with Gasteiger partial charge < -0.3 is 15.3 Å². The molecule has 3 rings (SSSR count). The lowest BCUT2D eigenvalue weighted by Crippen LogP contribution is -2.30. The van der Waals surface area contributed by atoms with Crippen molar-refractivity contribution in [3.63, 3.8) is 0 Å². The summed E-state index contributed by atoms with van der Waals surface area (Å²) in [5, 5.41) is 28.9. The Morgan fingerprint density at radius 2 is 1.29 bits per heavy atom. The molecule has 0 amide bonds. The molecule has 0 bridgehead atoms. The summed E-state index contributed by atoms with van der Waals surface area (Å²) in [6.07, 6.45) is 5.54. The summed E-state index contributed by atoms with van der Waals surface area (Å²) in [7, 11) is 0. The van der Waals surface area contributed by atoms with Crippen LogP contribution < -0.4 is 0 Å². The monoisotopic (exact) mass is 284 g/mol. The maximum Gasteiger partial charge on any atom is 0.157 e. The Kier molecular flexibility index (Phi) is 3.50. The first-order valence-corrected chi connectivity index (χ1v) is 7.44. The predicted octanol–water partition coefficient (Wildman–Crippen LogP) is 4.05. The number of benzene rings is 2. The van der Waals surface area contributed by atoms with Gasteiger partial charge in [-0.1, -0.05) is 37.5 Å². The predicted molar refractivity (Wildman–Crippen MR) is 81.7 cm³/mol. The van der Waals surface area contributed by atoms with Gasteiger partial charge in [0.05, 0.1) is 0 Å². The van der Waals surface area contributed by atoms with Crippen LogP contribution in [0.25, 0.3) is 0 Å². The van der Waals surface area contributed by atoms with E-state index in [9.17, 15) is 15.3 Å². The van der Waals surface area contributed by atoms with Gasteiger partial charge in [0.25, 0.3) is 0 Å². The summed E-state index contributed by atoms with van der Waals surface area (Å²) >= 11 is 0. The van der Waals surface area contributed by atoms with Crippen molar-refractivity contribution < 1.29 is 15.3 Å². The van der Waals surface area contributed by atoms with Crippen LogP contribution in [0, 0.1) is 0 Å². The van der Waals surface area contributed by atoms with Crippen LogP contribution in [-0.4, -0.2) is 15.3 Å². The fourth-order valence-electron chi connectivity index (χ4n) is 3.50. The van der Waals surface area contributed by atoms with Gasteiger partial charge in [0.1, 0.15) is 5.75 Å². The largest absolute Gasteiger partial charge is 0.508 e. The minimum Gasteiger partial charge on any atom is -0.508 e. The first-order chi connectivity index (χ1) is 10.1. The normalized spacial score (nSPS) is 17.5. The molecule has 110 valence electrons. The fraction of sp³-hybridized carbons (Fsp3) is 0.333. The summed E-state index contributed by atoms with van der Waals surface area (Å²) in [5.41, 5.74) is 2.05. The van der Waals surface area contributed by atoms with Crippen molar-refractivity contribution in [3.05, 3.63) is 53.6 Å². The van der Waals surface area contributed by atoms with E-state index in [-0.39, 0.29) is 22.7 Å². The highest BCUT2D eigenvalue weighted by atomic mass is 16.3. The molecule has 0 heterocycles. The second kappa shape index (κ2) is 5.32. The summed E-state index contributed by atoms with van der Waals surface area (Å²) in [6, 6.07) is 12.5. The van der Waals surface area contributed by atoms with Crippen LogP contribution in [-0.2, 0) is 5.41 Å². The smallest absolute Gasteiger partial charge is 0.157 e. The van der Waals surface area contributed by atoms with Gasteiger partial charge in [-0.3, -0.25) is 0 Å². The van der Waals surface area contributed by atoms with Gasteiger partial charge in [0, 0.05) is 5.41 Å². The lowest BCUT2D eigenvalue weighted by atomic mass is 9.65. The van der Waals surface area contributed by atoms with Crippen LogP contribution >= 0.6 is 0 Å². The van der Waals surface area contributed by atoms with Crippen molar-refractivity contribution in [1.82, 2.24) is 0 Å². The molecule has 0 saturated heterocycles. The second-order valence-corrected chi connectivity index (χ2v) is 5.89. The molecule has 1 saturated carbocycles. The summed E-state index contributed by atoms with van der Waals surface area (Å²) in [6.45, 7) is 0. The summed E-state index contributed by atoms with van der Waals surface area (Å²) < 4.78 is 0. The van der Waals surface area contributed by atoms with Gasteiger partial charge in [-0.15, -0.1) is 0 Å². The average molecular weight is 284 g/mol. The highest BCUT2D eigenvalue weighted by Crippen LogP contribution is 2.46. The summed E-state index contributed by atoms with van der Waals surface area (Å²) in [5.74, 6) is 0.102. The summed E-state index contributed by atoms with van der Waals surface area (Å²) in [4.78, 5) is 0. The topological polar surface area (TPSA) is 60.7 Å². The van der Waals surface area contributed by atoms with Gasteiger partial charge in [0.2, 0.25) is 0 Å². The van der Waals surface area contributed by atoms with Crippen LogP contribution in [0.4, 0.5) is 0 Å². The third kappa shape index (κ3) is 2.44. The van der Waals surface area contributed by atoms with E-state index >= 15 is 0 Å². The molecular weight excluding hydrogens is 264 g/mol. The number of aromatic hydroxyl groups is 3. The molecule has 1 fully saturated rings. The first kappa shape index (κ1) is 13.8. The van der Waals surface area contributed by atoms with Crippen LogP contribution in [0.2, 0.25) is 0 Å². The lowest BCUT2D eigenvalue weighted by Gasteiger charge is -2.38. The van der Waals surface area contributed by atoms with Crippen LogP contribution in [0.5, 0.6) is 17.2 Å². The van der Waals surface area contributed by atoms with E-state index in [0.717, 1.165) is 36.8 Å². The number of rotatable bonds is 2. The molecule has 3 nitrogen and oxygen atoms in total. The number of phenolic OH excluding ortho intramolecular Hbond substituents is 3. The molecule has 0 aromatic heterocycles. The van der Waals surface area contributed by atoms with E-state index in [1.165, 1.54) is 6.42 Å². The average Bonchev–Trinajstić information content (AvgIpc) is 2.51. The van der Waals surface area contributed by atoms with Gasteiger partial charge in [-0.25, -0.2) is 0 Å². The van der Waals surface area contributed by atoms with Crippen LogP contribution in [0.1, 0.15) is 43.2 Å². The molecule has 3 N–H and O–H groups in total. The van der Waals surface area contributed by atoms with Crippen molar-refractivity contribution in [2.24, 2.45) is 0 Å². The Labute approximate surface area is 124 Å². The van der Waals surface area contributed by atoms with E-state index in [1.807, 2.05) is 18.2 Å². The van der Waals surface area contributed by atoms with Gasteiger partial charge in [0.15, 0.2) is 11.5 Å². The minimum atomic E-state index is -0.142. The highest BCUT2D eigenvalue weighted by molar-refractivity contribution is 5.48.